The van der Waals surface area contributed by atoms with Crippen molar-refractivity contribution in [1.29, 1.82) is 0 Å². The molecule has 0 saturated heterocycles. The monoisotopic (exact) mass is 277 g/mol. The Hall–Kier alpha value is -2.32. The minimum Gasteiger partial charge on any atom is -0.481 e. The smallest absolute Gasteiger partial charge is 0.433 e. The van der Waals surface area contributed by atoms with E-state index in [1.54, 1.807) is 0 Å². The van der Waals surface area contributed by atoms with E-state index in [1.165, 1.54) is 0 Å². The van der Waals surface area contributed by atoms with Crippen LogP contribution in [0.25, 0.3) is 0 Å². The predicted molar refractivity (Wildman–Crippen MR) is 58.5 cm³/mol. The third-order valence-electron chi connectivity index (χ3n) is 1.94. The van der Waals surface area contributed by atoms with Gasteiger partial charge < -0.3 is 15.7 Å². The maximum atomic E-state index is 12.2. The Morgan fingerprint density at radius 1 is 1.32 bits per heavy atom. The SMILES string of the molecule is O=C(O)CCNC(=O)Nc1ccc(C(F)(F)F)nc1. The molecule has 2 amide bonds. The number of nitrogens with zero attached hydrogens (tertiary/aromatic N) is 1. The van der Waals surface area contributed by atoms with Gasteiger partial charge in [-0.3, -0.25) is 4.79 Å². The van der Waals surface area contributed by atoms with E-state index in [9.17, 15) is 22.8 Å². The zero-order chi connectivity index (χ0) is 14.5. The third-order valence-corrected chi connectivity index (χ3v) is 1.94. The van der Waals surface area contributed by atoms with Gasteiger partial charge in [-0.05, 0) is 12.1 Å². The average Bonchev–Trinajstić information content (AvgIpc) is 2.27. The van der Waals surface area contributed by atoms with Crippen molar-refractivity contribution in [1.82, 2.24) is 10.3 Å². The first-order chi connectivity index (χ1) is 8.79. The number of alkyl halides is 3. The van der Waals surface area contributed by atoms with Crippen molar-refractivity contribution in [2.75, 3.05) is 11.9 Å². The molecule has 0 aliphatic carbocycles. The lowest BCUT2D eigenvalue weighted by molar-refractivity contribution is -0.141. The molecule has 104 valence electrons. The summed E-state index contributed by atoms with van der Waals surface area (Å²) >= 11 is 0. The summed E-state index contributed by atoms with van der Waals surface area (Å²) in [5.41, 5.74) is -0.995. The lowest BCUT2D eigenvalue weighted by atomic mass is 10.3. The van der Waals surface area contributed by atoms with Gasteiger partial charge in [-0.25, -0.2) is 9.78 Å². The largest absolute Gasteiger partial charge is 0.481 e. The molecule has 1 aromatic heterocycles. The number of anilines is 1. The molecular weight excluding hydrogens is 267 g/mol. The number of urea groups is 1. The van der Waals surface area contributed by atoms with Crippen LogP contribution >= 0.6 is 0 Å². The number of aliphatic carboxylic acids is 1. The molecule has 0 saturated carbocycles. The molecule has 1 aromatic rings. The highest BCUT2D eigenvalue weighted by Crippen LogP contribution is 2.27. The summed E-state index contributed by atoms with van der Waals surface area (Å²) < 4.78 is 36.6. The Kier molecular flexibility index (Phi) is 4.67. The molecule has 1 rings (SSSR count). The van der Waals surface area contributed by atoms with E-state index < -0.39 is 23.9 Å². The summed E-state index contributed by atoms with van der Waals surface area (Å²) in [6.07, 6.45) is -3.93. The number of carbonyl (C=O) groups is 2. The number of amides is 2. The van der Waals surface area contributed by atoms with Crippen LogP contribution in [0.3, 0.4) is 0 Å². The normalized spacial score (nSPS) is 10.9. The first kappa shape index (κ1) is 14.7. The second-order valence-electron chi connectivity index (χ2n) is 3.45. The van der Waals surface area contributed by atoms with Crippen molar-refractivity contribution in [3.63, 3.8) is 0 Å². The van der Waals surface area contributed by atoms with Gasteiger partial charge in [-0.15, -0.1) is 0 Å². The van der Waals surface area contributed by atoms with Crippen LogP contribution in [0, 0.1) is 0 Å². The summed E-state index contributed by atoms with van der Waals surface area (Å²) in [7, 11) is 0. The number of rotatable bonds is 4. The first-order valence-electron chi connectivity index (χ1n) is 5.09. The molecule has 1 heterocycles. The Balaban J connectivity index is 2.49. The molecule has 0 bridgehead atoms. The number of hydrogen-bond acceptors (Lipinski definition) is 3. The molecule has 0 radical (unpaired) electrons. The number of carboxylic acids is 1. The zero-order valence-corrected chi connectivity index (χ0v) is 9.49. The standard InChI is InChI=1S/C10H10F3N3O3/c11-10(12,13)7-2-1-6(5-15-7)16-9(19)14-4-3-8(17)18/h1-2,5H,3-4H2,(H,17,18)(H2,14,16,19). The quantitative estimate of drug-likeness (QED) is 0.781. The van der Waals surface area contributed by atoms with Crippen LogP contribution in [0.1, 0.15) is 12.1 Å². The second-order valence-corrected chi connectivity index (χ2v) is 3.45. The van der Waals surface area contributed by atoms with Crippen LogP contribution in [-0.4, -0.2) is 28.6 Å². The van der Waals surface area contributed by atoms with Crippen molar-refractivity contribution >= 4 is 17.7 Å². The van der Waals surface area contributed by atoms with Crippen LogP contribution < -0.4 is 10.6 Å². The highest BCUT2D eigenvalue weighted by atomic mass is 19.4. The summed E-state index contributed by atoms with van der Waals surface area (Å²) in [5.74, 6) is -1.07. The minimum atomic E-state index is -4.54. The van der Waals surface area contributed by atoms with Gasteiger partial charge >= 0.3 is 18.2 Å². The van der Waals surface area contributed by atoms with Crippen LogP contribution in [0.2, 0.25) is 0 Å². The van der Waals surface area contributed by atoms with E-state index in [-0.39, 0.29) is 18.7 Å². The van der Waals surface area contributed by atoms with E-state index in [0.29, 0.717) is 0 Å². The van der Waals surface area contributed by atoms with Gasteiger partial charge in [0.1, 0.15) is 5.69 Å². The van der Waals surface area contributed by atoms with Gasteiger partial charge in [0, 0.05) is 6.54 Å². The molecule has 0 atom stereocenters. The summed E-state index contributed by atoms with van der Waals surface area (Å²) in [6.45, 7) is -0.0881. The van der Waals surface area contributed by atoms with Gasteiger partial charge in [-0.2, -0.15) is 13.2 Å². The van der Waals surface area contributed by atoms with Gasteiger partial charge in [0.05, 0.1) is 18.3 Å². The van der Waals surface area contributed by atoms with E-state index in [2.05, 4.69) is 15.6 Å². The van der Waals surface area contributed by atoms with E-state index >= 15 is 0 Å². The molecule has 0 fully saturated rings. The average molecular weight is 277 g/mol. The van der Waals surface area contributed by atoms with Crippen molar-refractivity contribution in [2.45, 2.75) is 12.6 Å². The molecule has 19 heavy (non-hydrogen) atoms. The van der Waals surface area contributed by atoms with Crippen LogP contribution in [-0.2, 0) is 11.0 Å². The summed E-state index contributed by atoms with van der Waals surface area (Å²) in [6, 6.07) is 1.06. The Bertz CT molecular complexity index is 459. The number of halogens is 3. The molecule has 0 aliphatic rings. The predicted octanol–water partition coefficient (Wildman–Crippen LogP) is 1.70. The van der Waals surface area contributed by atoms with Crippen LogP contribution in [0.5, 0.6) is 0 Å². The molecule has 0 spiro atoms. The molecule has 6 nitrogen and oxygen atoms in total. The van der Waals surface area contributed by atoms with Crippen LogP contribution in [0.15, 0.2) is 18.3 Å². The number of carbonyl (C=O) groups excluding carboxylic acids is 1. The first-order valence-corrected chi connectivity index (χ1v) is 5.09. The Morgan fingerprint density at radius 2 is 2.00 bits per heavy atom. The zero-order valence-electron chi connectivity index (χ0n) is 9.49. The number of pyridine rings is 1. The lowest BCUT2D eigenvalue weighted by Gasteiger charge is -2.08. The van der Waals surface area contributed by atoms with E-state index in [0.717, 1.165) is 18.3 Å². The molecular formula is C10H10F3N3O3. The van der Waals surface area contributed by atoms with Crippen molar-refractivity contribution in [3.8, 4) is 0 Å². The van der Waals surface area contributed by atoms with E-state index in [1.807, 2.05) is 0 Å². The van der Waals surface area contributed by atoms with Crippen LogP contribution in [0.4, 0.5) is 23.7 Å². The van der Waals surface area contributed by atoms with Gasteiger partial charge in [-0.1, -0.05) is 0 Å². The van der Waals surface area contributed by atoms with Crippen molar-refractivity contribution in [2.24, 2.45) is 0 Å². The Morgan fingerprint density at radius 3 is 2.47 bits per heavy atom. The number of nitrogens with one attached hydrogen (secondary N) is 2. The number of carboxylic acid groups (broad SMARTS) is 1. The third kappa shape index (κ3) is 5.23. The fraction of sp³-hybridized carbons (Fsp3) is 0.300. The molecule has 9 heteroatoms. The molecule has 0 unspecified atom stereocenters. The van der Waals surface area contributed by atoms with Crippen molar-refractivity contribution in [3.05, 3.63) is 24.0 Å². The highest BCUT2D eigenvalue weighted by molar-refractivity contribution is 5.89. The fourth-order valence-corrected chi connectivity index (χ4v) is 1.09. The summed E-state index contributed by atoms with van der Waals surface area (Å²) in [5, 5.41) is 12.8. The van der Waals surface area contributed by atoms with E-state index in [4.69, 9.17) is 5.11 Å². The molecule has 0 aromatic carbocycles. The Labute approximate surface area is 105 Å². The molecule has 0 aliphatic heterocycles. The topological polar surface area (TPSA) is 91.3 Å². The highest BCUT2D eigenvalue weighted by Gasteiger charge is 2.32. The second kappa shape index (κ2) is 6.03. The van der Waals surface area contributed by atoms with Gasteiger partial charge in [0.15, 0.2) is 0 Å². The lowest BCUT2D eigenvalue weighted by Crippen LogP contribution is -2.30. The maximum Gasteiger partial charge on any atom is 0.433 e. The molecule has 3 N–H and O–H groups in total. The van der Waals surface area contributed by atoms with Gasteiger partial charge in [0.25, 0.3) is 0 Å². The minimum absolute atomic E-state index is 0.0702. The van der Waals surface area contributed by atoms with Crippen molar-refractivity contribution < 1.29 is 27.9 Å². The fourth-order valence-electron chi connectivity index (χ4n) is 1.09. The maximum absolute atomic E-state index is 12.2. The summed E-state index contributed by atoms with van der Waals surface area (Å²) in [4.78, 5) is 24.5. The number of hydrogen-bond donors (Lipinski definition) is 3. The number of aromatic nitrogens is 1. The van der Waals surface area contributed by atoms with Gasteiger partial charge in [0.2, 0.25) is 0 Å².